The van der Waals surface area contributed by atoms with Crippen LogP contribution in [0.1, 0.15) is 13.3 Å². The van der Waals surface area contributed by atoms with Gasteiger partial charge in [-0.3, -0.25) is 0 Å². The average molecular weight is 329 g/mol. The van der Waals surface area contributed by atoms with Gasteiger partial charge in [-0.1, -0.05) is 18.5 Å². The smallest absolute Gasteiger partial charge is 0.261 e. The summed E-state index contributed by atoms with van der Waals surface area (Å²) in [5, 5.41) is 0.250. The number of hydrogen-bond acceptors (Lipinski definition) is 4. The minimum Gasteiger partial charge on any atom is -0.492 e. The molecule has 1 rings (SSSR count). The number of ether oxygens (including phenoxy) is 1. The molecule has 0 aliphatic carbocycles. The van der Waals surface area contributed by atoms with Gasteiger partial charge in [0.2, 0.25) is 0 Å². The van der Waals surface area contributed by atoms with E-state index in [1.165, 1.54) is 18.2 Å². The van der Waals surface area contributed by atoms with Gasteiger partial charge in [-0.05, 0) is 36.1 Å². The third-order valence-corrected chi connectivity index (χ3v) is 4.71. The Morgan fingerprint density at radius 1 is 1.39 bits per heavy atom. The molecular weight excluding hydrogens is 315 g/mol. The fourth-order valence-electron chi connectivity index (χ4n) is 1.24. The molecule has 0 N–H and O–H groups in total. The summed E-state index contributed by atoms with van der Waals surface area (Å²) in [5.74, 6) is 2.59. The summed E-state index contributed by atoms with van der Waals surface area (Å²) in [6, 6.07) is 4.19. The first-order valence-electron chi connectivity index (χ1n) is 5.40. The van der Waals surface area contributed by atoms with Crippen LogP contribution in [0.15, 0.2) is 23.1 Å². The second-order valence-electron chi connectivity index (χ2n) is 3.43. The Kier molecular flexibility index (Phi) is 6.63. The van der Waals surface area contributed by atoms with E-state index in [4.69, 9.17) is 27.0 Å². The van der Waals surface area contributed by atoms with Crippen LogP contribution in [0, 0.1) is 0 Å². The van der Waals surface area contributed by atoms with Crippen LogP contribution in [0.5, 0.6) is 5.75 Å². The Morgan fingerprint density at radius 2 is 2.11 bits per heavy atom. The first kappa shape index (κ1) is 16.0. The lowest BCUT2D eigenvalue weighted by Gasteiger charge is -2.08. The van der Waals surface area contributed by atoms with Crippen LogP contribution in [-0.4, -0.2) is 26.5 Å². The zero-order valence-corrected chi connectivity index (χ0v) is 13.0. The van der Waals surface area contributed by atoms with Gasteiger partial charge in [0, 0.05) is 10.7 Å². The summed E-state index contributed by atoms with van der Waals surface area (Å²) in [5.41, 5.74) is 0. The monoisotopic (exact) mass is 328 g/mol. The van der Waals surface area contributed by atoms with E-state index in [0.29, 0.717) is 12.4 Å². The van der Waals surface area contributed by atoms with Crippen molar-refractivity contribution in [2.75, 3.05) is 18.1 Å². The van der Waals surface area contributed by atoms with E-state index in [2.05, 4.69) is 6.92 Å². The third kappa shape index (κ3) is 5.26. The van der Waals surface area contributed by atoms with Crippen molar-refractivity contribution in [3.05, 3.63) is 23.2 Å². The SMILES string of the molecule is CCSCCCOc1ccc(S(=O)(=O)Cl)cc1Cl. The molecule has 0 saturated heterocycles. The van der Waals surface area contributed by atoms with E-state index < -0.39 is 9.05 Å². The summed E-state index contributed by atoms with van der Waals surface area (Å²) < 4.78 is 27.7. The maximum Gasteiger partial charge on any atom is 0.261 e. The van der Waals surface area contributed by atoms with Gasteiger partial charge in [0.1, 0.15) is 5.75 Å². The first-order valence-corrected chi connectivity index (χ1v) is 9.24. The van der Waals surface area contributed by atoms with Crippen molar-refractivity contribution in [3.8, 4) is 5.75 Å². The second kappa shape index (κ2) is 7.48. The molecule has 0 aliphatic rings. The minimum atomic E-state index is -3.75. The minimum absolute atomic E-state index is 0.0249. The lowest BCUT2D eigenvalue weighted by molar-refractivity contribution is 0.318. The number of benzene rings is 1. The molecule has 1 aromatic rings. The molecule has 1 aromatic carbocycles. The van der Waals surface area contributed by atoms with Crippen LogP contribution in [-0.2, 0) is 9.05 Å². The van der Waals surface area contributed by atoms with Gasteiger partial charge in [-0.2, -0.15) is 11.8 Å². The molecule has 0 spiro atoms. The van der Waals surface area contributed by atoms with Crippen molar-refractivity contribution in [2.45, 2.75) is 18.2 Å². The Balaban J connectivity index is 2.58. The normalized spacial score (nSPS) is 11.5. The average Bonchev–Trinajstić information content (AvgIpc) is 2.29. The summed E-state index contributed by atoms with van der Waals surface area (Å²) in [7, 11) is 1.47. The van der Waals surface area contributed by atoms with Crippen LogP contribution in [0.2, 0.25) is 5.02 Å². The highest BCUT2D eigenvalue weighted by Crippen LogP contribution is 2.28. The molecule has 0 heterocycles. The van der Waals surface area contributed by atoms with Crippen LogP contribution < -0.4 is 4.74 Å². The third-order valence-electron chi connectivity index (χ3n) is 2.08. The highest BCUT2D eigenvalue weighted by Gasteiger charge is 2.12. The fourth-order valence-corrected chi connectivity index (χ4v) is 2.93. The standard InChI is InChI=1S/C11H14Cl2O3S2/c1-2-17-7-3-6-16-11-5-4-9(8-10(11)12)18(13,14)15/h4-5,8H,2-3,6-7H2,1H3. The summed E-state index contributed by atoms with van der Waals surface area (Å²) in [6.07, 6.45) is 0.921. The zero-order valence-electron chi connectivity index (χ0n) is 9.86. The van der Waals surface area contributed by atoms with E-state index in [0.717, 1.165) is 17.9 Å². The van der Waals surface area contributed by atoms with Crippen molar-refractivity contribution in [2.24, 2.45) is 0 Å². The van der Waals surface area contributed by atoms with E-state index in [1.807, 2.05) is 11.8 Å². The van der Waals surface area contributed by atoms with Crippen LogP contribution in [0.3, 0.4) is 0 Å². The van der Waals surface area contributed by atoms with Gasteiger partial charge in [-0.15, -0.1) is 0 Å². The van der Waals surface area contributed by atoms with E-state index in [9.17, 15) is 8.42 Å². The molecule has 0 unspecified atom stereocenters. The van der Waals surface area contributed by atoms with Crippen LogP contribution in [0.4, 0.5) is 0 Å². The van der Waals surface area contributed by atoms with Crippen molar-refractivity contribution >= 4 is 43.1 Å². The quantitative estimate of drug-likeness (QED) is 0.564. The van der Waals surface area contributed by atoms with E-state index in [-0.39, 0.29) is 9.92 Å². The van der Waals surface area contributed by atoms with Crippen LogP contribution >= 0.6 is 34.0 Å². The maximum atomic E-state index is 11.1. The number of rotatable bonds is 7. The van der Waals surface area contributed by atoms with Crippen molar-refractivity contribution in [1.82, 2.24) is 0 Å². The van der Waals surface area contributed by atoms with Gasteiger partial charge in [0.15, 0.2) is 0 Å². The van der Waals surface area contributed by atoms with Gasteiger partial charge >= 0.3 is 0 Å². The van der Waals surface area contributed by atoms with Crippen molar-refractivity contribution in [3.63, 3.8) is 0 Å². The Hall–Kier alpha value is -0.100. The van der Waals surface area contributed by atoms with Gasteiger partial charge < -0.3 is 4.74 Å². The predicted octanol–water partition coefficient (Wildman–Crippen LogP) is 3.79. The summed E-state index contributed by atoms with van der Waals surface area (Å²) in [4.78, 5) is -0.0249. The van der Waals surface area contributed by atoms with Crippen LogP contribution in [0.25, 0.3) is 0 Å². The topological polar surface area (TPSA) is 43.4 Å². The zero-order chi connectivity index (χ0) is 13.6. The molecule has 18 heavy (non-hydrogen) atoms. The molecule has 0 aromatic heterocycles. The molecule has 0 saturated carbocycles. The molecule has 7 heteroatoms. The molecule has 0 radical (unpaired) electrons. The van der Waals surface area contributed by atoms with Crippen molar-refractivity contribution in [1.29, 1.82) is 0 Å². The van der Waals surface area contributed by atoms with Crippen molar-refractivity contribution < 1.29 is 13.2 Å². The Labute approximate surface area is 121 Å². The first-order chi connectivity index (χ1) is 8.45. The Bertz CT molecular complexity index is 489. The molecule has 0 amide bonds. The van der Waals surface area contributed by atoms with E-state index >= 15 is 0 Å². The predicted molar refractivity (Wildman–Crippen MR) is 77.6 cm³/mol. The van der Waals surface area contributed by atoms with Gasteiger partial charge in [0.05, 0.1) is 16.5 Å². The molecule has 102 valence electrons. The molecule has 0 bridgehead atoms. The van der Waals surface area contributed by atoms with Gasteiger partial charge in [0.25, 0.3) is 9.05 Å². The number of halogens is 2. The second-order valence-corrected chi connectivity index (χ2v) is 7.80. The highest BCUT2D eigenvalue weighted by atomic mass is 35.7. The molecule has 0 atom stereocenters. The Morgan fingerprint density at radius 3 is 2.67 bits per heavy atom. The van der Waals surface area contributed by atoms with Gasteiger partial charge in [-0.25, -0.2) is 8.42 Å². The largest absolute Gasteiger partial charge is 0.492 e. The molecule has 3 nitrogen and oxygen atoms in total. The summed E-state index contributed by atoms with van der Waals surface area (Å²) >= 11 is 7.77. The van der Waals surface area contributed by atoms with E-state index in [1.54, 1.807) is 0 Å². The maximum absolute atomic E-state index is 11.1. The lowest BCUT2D eigenvalue weighted by atomic mass is 10.3. The molecule has 0 fully saturated rings. The summed E-state index contributed by atoms with van der Waals surface area (Å²) in [6.45, 7) is 2.66. The number of thioether (sulfide) groups is 1. The fraction of sp³-hybridized carbons (Fsp3) is 0.455. The molecule has 0 aliphatic heterocycles. The lowest BCUT2D eigenvalue weighted by Crippen LogP contribution is -2.00. The highest BCUT2D eigenvalue weighted by molar-refractivity contribution is 8.13. The molecular formula is C11H14Cl2O3S2. The number of hydrogen-bond donors (Lipinski definition) is 0.